The van der Waals surface area contributed by atoms with E-state index < -0.39 is 9.84 Å². The highest BCUT2D eigenvalue weighted by atomic mass is 32.2. The van der Waals surface area contributed by atoms with E-state index in [2.05, 4.69) is 15.5 Å². The predicted molar refractivity (Wildman–Crippen MR) is 97.6 cm³/mol. The van der Waals surface area contributed by atoms with Gasteiger partial charge in [0, 0.05) is 12.1 Å². The second-order valence-corrected chi connectivity index (χ2v) is 10.7. The summed E-state index contributed by atoms with van der Waals surface area (Å²) in [5.41, 5.74) is 0. The van der Waals surface area contributed by atoms with Gasteiger partial charge in [0.25, 0.3) is 0 Å². The van der Waals surface area contributed by atoms with Crippen LogP contribution in [0, 0.1) is 0 Å². The lowest BCUT2D eigenvalue weighted by Gasteiger charge is -2.38. The molecule has 1 saturated heterocycles. The predicted octanol–water partition coefficient (Wildman–Crippen LogP) is 1.45. The van der Waals surface area contributed by atoms with Crippen molar-refractivity contribution < 1.29 is 13.2 Å². The van der Waals surface area contributed by atoms with Crippen LogP contribution in [-0.4, -0.2) is 68.8 Å². The van der Waals surface area contributed by atoms with Gasteiger partial charge < -0.3 is 4.90 Å². The Morgan fingerprint density at radius 3 is 2.54 bits per heavy atom. The highest BCUT2D eigenvalue weighted by Gasteiger charge is 2.38. The second kappa shape index (κ2) is 7.46. The molecule has 2 aliphatic carbocycles. The van der Waals surface area contributed by atoms with Crippen LogP contribution < -0.4 is 0 Å². The van der Waals surface area contributed by atoms with Crippen LogP contribution in [-0.2, 0) is 14.6 Å². The van der Waals surface area contributed by atoms with Crippen LogP contribution >= 0.6 is 11.8 Å². The molecule has 1 aromatic heterocycles. The zero-order valence-corrected chi connectivity index (χ0v) is 16.4. The summed E-state index contributed by atoms with van der Waals surface area (Å²) in [5.74, 6) is 0.593. The average Bonchev–Trinajstić information content (AvgIpc) is 3.26. The Labute approximate surface area is 158 Å². The number of nitrogens with zero attached hydrogens (tertiary/aromatic N) is 5. The molecule has 8 nitrogen and oxygen atoms in total. The number of sulfone groups is 1. The van der Waals surface area contributed by atoms with E-state index in [1.165, 1.54) is 18.2 Å². The molecule has 10 heteroatoms. The zero-order valence-electron chi connectivity index (χ0n) is 14.8. The van der Waals surface area contributed by atoms with E-state index in [1.807, 2.05) is 9.58 Å². The molecule has 0 spiro atoms. The summed E-state index contributed by atoms with van der Waals surface area (Å²) in [7, 11) is -3.02. The van der Waals surface area contributed by atoms with E-state index in [9.17, 15) is 13.2 Å². The minimum atomic E-state index is -3.02. The van der Waals surface area contributed by atoms with Crippen molar-refractivity contribution in [1.82, 2.24) is 25.1 Å². The van der Waals surface area contributed by atoms with Gasteiger partial charge in [-0.1, -0.05) is 31.0 Å². The van der Waals surface area contributed by atoms with E-state index in [1.54, 1.807) is 0 Å². The Hall–Kier alpha value is -1.16. The molecule has 1 aliphatic heterocycles. The Bertz CT molecular complexity index is 756. The number of aromatic nitrogens is 4. The summed E-state index contributed by atoms with van der Waals surface area (Å²) in [4.78, 5) is 15.0. The molecule has 0 radical (unpaired) electrons. The Kier molecular flexibility index (Phi) is 5.22. The van der Waals surface area contributed by atoms with Crippen LogP contribution in [0.15, 0.2) is 5.16 Å². The first-order valence-corrected chi connectivity index (χ1v) is 12.3. The molecule has 0 aromatic carbocycles. The van der Waals surface area contributed by atoms with Gasteiger partial charge in [0.1, 0.15) is 0 Å². The SMILES string of the molecule is O=C(CSc1nnnn1C1CC1)N(C1CCCCC1)[C@@H]1CCS(=O)(=O)C1. The molecule has 4 rings (SSSR count). The molecule has 3 aliphatic rings. The lowest BCUT2D eigenvalue weighted by Crippen LogP contribution is -2.49. The van der Waals surface area contributed by atoms with Crippen LogP contribution in [0.1, 0.15) is 57.4 Å². The number of amides is 1. The molecule has 0 unspecified atom stereocenters. The van der Waals surface area contributed by atoms with Gasteiger partial charge in [-0.05, 0) is 42.5 Å². The van der Waals surface area contributed by atoms with Gasteiger partial charge in [0.05, 0.1) is 23.3 Å². The summed E-state index contributed by atoms with van der Waals surface area (Å²) in [6, 6.07) is 0.377. The molecule has 0 N–H and O–H groups in total. The van der Waals surface area contributed by atoms with E-state index in [4.69, 9.17) is 0 Å². The molecule has 2 heterocycles. The summed E-state index contributed by atoms with van der Waals surface area (Å²) in [6.07, 6.45) is 8.12. The molecule has 2 saturated carbocycles. The molecular formula is C16H25N5O3S2. The molecule has 0 bridgehead atoms. The molecule has 144 valence electrons. The van der Waals surface area contributed by atoms with Crippen LogP contribution in [0.5, 0.6) is 0 Å². The number of thioether (sulfide) groups is 1. The third-order valence-electron chi connectivity index (χ3n) is 5.54. The van der Waals surface area contributed by atoms with Gasteiger partial charge in [-0.2, -0.15) is 0 Å². The van der Waals surface area contributed by atoms with Gasteiger partial charge >= 0.3 is 0 Å². The Balaban J connectivity index is 1.45. The quantitative estimate of drug-likeness (QED) is 0.668. The largest absolute Gasteiger partial charge is 0.335 e. The topological polar surface area (TPSA) is 98.1 Å². The number of carbonyl (C=O) groups is 1. The van der Waals surface area contributed by atoms with Gasteiger partial charge in [-0.15, -0.1) is 5.10 Å². The highest BCUT2D eigenvalue weighted by Crippen LogP contribution is 2.36. The normalized spacial score (nSPS) is 26.1. The van der Waals surface area contributed by atoms with Crippen LogP contribution in [0.2, 0.25) is 0 Å². The minimum absolute atomic E-state index is 0.0225. The maximum absolute atomic E-state index is 13.1. The van der Waals surface area contributed by atoms with Crippen molar-refractivity contribution in [3.05, 3.63) is 0 Å². The van der Waals surface area contributed by atoms with Gasteiger partial charge in [0.15, 0.2) is 9.84 Å². The maximum atomic E-state index is 13.1. The third kappa shape index (κ3) is 4.05. The fraction of sp³-hybridized carbons (Fsp3) is 0.875. The van der Waals surface area contributed by atoms with Crippen molar-refractivity contribution in [3.63, 3.8) is 0 Å². The Morgan fingerprint density at radius 1 is 1.12 bits per heavy atom. The first kappa shape index (κ1) is 18.2. The average molecular weight is 400 g/mol. The van der Waals surface area contributed by atoms with E-state index in [0.717, 1.165) is 38.5 Å². The number of carbonyl (C=O) groups excluding carboxylic acids is 1. The monoisotopic (exact) mass is 399 g/mol. The van der Waals surface area contributed by atoms with Crippen molar-refractivity contribution in [2.75, 3.05) is 17.3 Å². The molecule has 1 aromatic rings. The van der Waals surface area contributed by atoms with Crippen LogP contribution in [0.3, 0.4) is 0 Å². The molecule has 1 amide bonds. The van der Waals surface area contributed by atoms with Crippen molar-refractivity contribution in [3.8, 4) is 0 Å². The molecular weight excluding hydrogens is 374 g/mol. The number of hydrogen-bond acceptors (Lipinski definition) is 7. The fourth-order valence-corrected chi connectivity index (χ4v) is 6.61. The summed E-state index contributed by atoms with van der Waals surface area (Å²) in [6.45, 7) is 0. The number of tetrazole rings is 1. The van der Waals surface area contributed by atoms with Crippen LogP contribution in [0.25, 0.3) is 0 Å². The van der Waals surface area contributed by atoms with E-state index in [0.29, 0.717) is 17.6 Å². The first-order chi connectivity index (χ1) is 12.5. The minimum Gasteiger partial charge on any atom is -0.335 e. The highest BCUT2D eigenvalue weighted by molar-refractivity contribution is 7.99. The van der Waals surface area contributed by atoms with E-state index in [-0.39, 0.29) is 35.2 Å². The van der Waals surface area contributed by atoms with Crippen molar-refractivity contribution in [2.24, 2.45) is 0 Å². The van der Waals surface area contributed by atoms with Gasteiger partial charge in [-0.3, -0.25) is 4.79 Å². The van der Waals surface area contributed by atoms with Crippen molar-refractivity contribution in [1.29, 1.82) is 0 Å². The molecule has 1 atom stereocenters. The second-order valence-electron chi connectivity index (χ2n) is 7.58. The molecule has 3 fully saturated rings. The van der Waals surface area contributed by atoms with Crippen LogP contribution in [0.4, 0.5) is 0 Å². The Morgan fingerprint density at radius 2 is 1.88 bits per heavy atom. The summed E-state index contributed by atoms with van der Waals surface area (Å²) in [5, 5.41) is 12.5. The lowest BCUT2D eigenvalue weighted by molar-refractivity contribution is -0.133. The third-order valence-corrected chi connectivity index (χ3v) is 8.21. The van der Waals surface area contributed by atoms with Crippen molar-refractivity contribution >= 4 is 27.5 Å². The van der Waals surface area contributed by atoms with Crippen molar-refractivity contribution in [2.45, 2.75) is 74.6 Å². The van der Waals surface area contributed by atoms with Gasteiger partial charge in [0.2, 0.25) is 11.1 Å². The summed E-state index contributed by atoms with van der Waals surface area (Å²) < 4.78 is 25.7. The number of hydrogen-bond donors (Lipinski definition) is 0. The smallest absolute Gasteiger partial charge is 0.233 e. The standard InChI is InChI=1S/C16H25N5O3S2/c22-15(10-25-16-17-18-19-21(16)13-6-7-13)20(12-4-2-1-3-5-12)14-8-9-26(23,24)11-14/h12-14H,1-11H2/t14-/m1/s1. The van der Waals surface area contributed by atoms with Gasteiger partial charge in [-0.25, -0.2) is 13.1 Å². The molecule has 26 heavy (non-hydrogen) atoms. The fourth-order valence-electron chi connectivity index (χ4n) is 4.09. The zero-order chi connectivity index (χ0) is 18.1. The maximum Gasteiger partial charge on any atom is 0.233 e. The summed E-state index contributed by atoms with van der Waals surface area (Å²) >= 11 is 1.37. The first-order valence-electron chi connectivity index (χ1n) is 9.46. The lowest BCUT2D eigenvalue weighted by atomic mass is 9.93. The van der Waals surface area contributed by atoms with E-state index >= 15 is 0 Å². The number of rotatable bonds is 6.